The van der Waals surface area contributed by atoms with Crippen LogP contribution in [-0.2, 0) is 18.0 Å². The Labute approximate surface area is 85.9 Å². The van der Waals surface area contributed by atoms with Crippen molar-refractivity contribution in [3.63, 3.8) is 0 Å². The van der Waals surface area contributed by atoms with Crippen molar-refractivity contribution in [1.29, 1.82) is 0 Å². The van der Waals surface area contributed by atoms with Crippen molar-refractivity contribution < 1.29 is 18.0 Å². The lowest BCUT2D eigenvalue weighted by atomic mass is 10.2. The average molecular weight is 218 g/mol. The maximum atomic E-state index is 5.40. The Hall–Kier alpha value is 0.0569. The molecule has 2 aliphatic rings. The minimum Gasteiger partial charge on any atom is -0.377 e. The van der Waals surface area contributed by atoms with Crippen LogP contribution in [0.25, 0.3) is 0 Å². The van der Waals surface area contributed by atoms with Gasteiger partial charge >= 0.3 is 8.80 Å². The Morgan fingerprint density at radius 2 is 1.79 bits per heavy atom. The molecule has 0 amide bonds. The van der Waals surface area contributed by atoms with Crippen molar-refractivity contribution >= 4 is 8.80 Å². The van der Waals surface area contributed by atoms with Crippen LogP contribution in [0.2, 0.25) is 6.04 Å². The molecular weight excluding hydrogens is 200 g/mol. The molecule has 2 rings (SSSR count). The van der Waals surface area contributed by atoms with Gasteiger partial charge < -0.3 is 18.0 Å². The van der Waals surface area contributed by atoms with Crippen molar-refractivity contribution in [2.75, 3.05) is 21.3 Å². The summed E-state index contributed by atoms with van der Waals surface area (Å²) in [5.41, 5.74) is 0.287. The summed E-state index contributed by atoms with van der Waals surface area (Å²) in [6.07, 6.45) is 4.04. The molecule has 0 aromatic rings. The van der Waals surface area contributed by atoms with Crippen LogP contribution in [0.15, 0.2) is 0 Å². The van der Waals surface area contributed by atoms with E-state index in [2.05, 4.69) is 0 Å². The van der Waals surface area contributed by atoms with Gasteiger partial charge in [-0.05, 0) is 12.8 Å². The number of rotatable bonds is 7. The second-order valence-electron chi connectivity index (χ2n) is 4.02. The molecule has 14 heavy (non-hydrogen) atoms. The van der Waals surface area contributed by atoms with Crippen molar-refractivity contribution in [3.05, 3.63) is 0 Å². The van der Waals surface area contributed by atoms with Gasteiger partial charge in [0, 0.05) is 33.8 Å². The number of hydrogen-bond donors (Lipinski definition) is 0. The third kappa shape index (κ3) is 1.75. The number of epoxide rings is 1. The standard InChI is InChI=1S/C9H18O4Si/c1-10-14(11-2,12-3)6-4-5-9-7-8(9)13-9/h8H,4-7H2,1-3H3. The van der Waals surface area contributed by atoms with Crippen LogP contribution in [-0.4, -0.2) is 41.8 Å². The summed E-state index contributed by atoms with van der Waals surface area (Å²) in [5.74, 6) is 0. The van der Waals surface area contributed by atoms with Gasteiger partial charge in [-0.2, -0.15) is 0 Å². The smallest absolute Gasteiger partial charge is 0.377 e. The largest absolute Gasteiger partial charge is 0.500 e. The fourth-order valence-corrected chi connectivity index (χ4v) is 3.70. The topological polar surface area (TPSA) is 40.2 Å². The van der Waals surface area contributed by atoms with Gasteiger partial charge in [-0.3, -0.25) is 0 Å². The lowest BCUT2D eigenvalue weighted by molar-refractivity contribution is 0.121. The van der Waals surface area contributed by atoms with Gasteiger partial charge in [0.2, 0.25) is 0 Å². The summed E-state index contributed by atoms with van der Waals surface area (Å²) in [4.78, 5) is 0. The van der Waals surface area contributed by atoms with E-state index in [1.165, 1.54) is 6.42 Å². The first kappa shape index (κ1) is 10.6. The van der Waals surface area contributed by atoms with Crippen LogP contribution >= 0.6 is 0 Å². The Balaban J connectivity index is 1.70. The van der Waals surface area contributed by atoms with Crippen LogP contribution in [0.5, 0.6) is 0 Å². The zero-order chi connectivity index (χ0) is 10.2. The molecule has 2 unspecified atom stereocenters. The third-order valence-electron chi connectivity index (χ3n) is 3.29. The summed E-state index contributed by atoms with van der Waals surface area (Å²) in [5, 5.41) is 0. The molecule has 1 saturated carbocycles. The zero-order valence-electron chi connectivity index (χ0n) is 9.04. The van der Waals surface area contributed by atoms with Gasteiger partial charge in [0.05, 0.1) is 11.7 Å². The van der Waals surface area contributed by atoms with E-state index in [4.69, 9.17) is 18.0 Å². The molecule has 0 radical (unpaired) electrons. The second kappa shape index (κ2) is 3.57. The van der Waals surface area contributed by atoms with Crippen molar-refractivity contribution in [2.45, 2.75) is 37.0 Å². The SMILES string of the molecule is CO[Si](CCCC12CC1O2)(OC)OC. The van der Waals surface area contributed by atoms with Gasteiger partial charge in [-0.15, -0.1) is 0 Å². The minimum absolute atomic E-state index is 0.287. The molecule has 0 spiro atoms. The molecule has 0 bridgehead atoms. The molecule has 0 aromatic heterocycles. The summed E-state index contributed by atoms with van der Waals surface area (Å²) < 4.78 is 21.4. The molecule has 1 heterocycles. The predicted molar refractivity (Wildman–Crippen MR) is 53.0 cm³/mol. The first-order valence-electron chi connectivity index (χ1n) is 5.03. The van der Waals surface area contributed by atoms with Crippen LogP contribution in [0.4, 0.5) is 0 Å². The van der Waals surface area contributed by atoms with Crippen LogP contribution in [0.1, 0.15) is 19.3 Å². The maximum Gasteiger partial charge on any atom is 0.500 e. The van der Waals surface area contributed by atoms with Gasteiger partial charge in [-0.1, -0.05) is 0 Å². The van der Waals surface area contributed by atoms with Crippen LogP contribution < -0.4 is 0 Å². The quantitative estimate of drug-likeness (QED) is 0.475. The highest BCUT2D eigenvalue weighted by Gasteiger charge is 2.72. The Morgan fingerprint density at radius 3 is 2.14 bits per heavy atom. The zero-order valence-corrected chi connectivity index (χ0v) is 10.0. The monoisotopic (exact) mass is 218 g/mol. The molecule has 0 N–H and O–H groups in total. The van der Waals surface area contributed by atoms with Gasteiger partial charge in [-0.25, -0.2) is 0 Å². The van der Waals surface area contributed by atoms with E-state index in [0.29, 0.717) is 6.10 Å². The van der Waals surface area contributed by atoms with Crippen LogP contribution in [0, 0.1) is 0 Å². The van der Waals surface area contributed by atoms with E-state index < -0.39 is 8.80 Å². The predicted octanol–water partition coefficient (Wildman–Crippen LogP) is 1.19. The summed E-state index contributed by atoms with van der Waals surface area (Å²) >= 11 is 0. The summed E-state index contributed by atoms with van der Waals surface area (Å²) in [7, 11) is 2.65. The Kier molecular flexibility index (Phi) is 2.70. The average Bonchev–Trinajstić information content (AvgIpc) is 3.02. The molecule has 1 aliphatic heterocycles. The van der Waals surface area contributed by atoms with Gasteiger partial charge in [0.15, 0.2) is 0 Å². The van der Waals surface area contributed by atoms with E-state index in [-0.39, 0.29) is 5.60 Å². The van der Waals surface area contributed by atoms with E-state index in [0.717, 1.165) is 18.9 Å². The molecule has 2 fully saturated rings. The van der Waals surface area contributed by atoms with Crippen molar-refractivity contribution in [2.24, 2.45) is 0 Å². The van der Waals surface area contributed by atoms with E-state index in [9.17, 15) is 0 Å². The Morgan fingerprint density at radius 1 is 1.29 bits per heavy atom. The lowest BCUT2D eigenvalue weighted by Gasteiger charge is -2.24. The van der Waals surface area contributed by atoms with E-state index in [1.54, 1.807) is 21.3 Å². The fraction of sp³-hybridized carbons (Fsp3) is 1.00. The molecule has 1 aliphatic carbocycles. The molecule has 5 heteroatoms. The van der Waals surface area contributed by atoms with Crippen molar-refractivity contribution in [3.8, 4) is 0 Å². The van der Waals surface area contributed by atoms with Crippen LogP contribution in [0.3, 0.4) is 0 Å². The van der Waals surface area contributed by atoms with Gasteiger partial charge in [0.1, 0.15) is 0 Å². The normalized spacial score (nSPS) is 34.1. The highest BCUT2D eigenvalue weighted by Crippen LogP contribution is 2.62. The third-order valence-corrected chi connectivity index (χ3v) is 6.13. The molecule has 4 nitrogen and oxygen atoms in total. The molecule has 0 aromatic carbocycles. The Bertz CT molecular complexity index is 203. The summed E-state index contributed by atoms with van der Waals surface area (Å²) in [6, 6.07) is 0.883. The van der Waals surface area contributed by atoms with Gasteiger partial charge in [0.25, 0.3) is 0 Å². The van der Waals surface area contributed by atoms with Crippen molar-refractivity contribution in [1.82, 2.24) is 0 Å². The first-order chi connectivity index (χ1) is 6.70. The second-order valence-corrected chi connectivity index (χ2v) is 7.12. The molecule has 82 valence electrons. The lowest BCUT2D eigenvalue weighted by Crippen LogP contribution is -2.42. The minimum atomic E-state index is -2.33. The number of fused-ring (bicyclic) bond motifs is 1. The molecule has 1 saturated heterocycles. The maximum absolute atomic E-state index is 5.40. The van der Waals surface area contributed by atoms with E-state index >= 15 is 0 Å². The summed E-state index contributed by atoms with van der Waals surface area (Å²) in [6.45, 7) is 0. The number of hydrogen-bond acceptors (Lipinski definition) is 4. The molecule has 2 atom stereocenters. The molecular formula is C9H18O4Si. The number of ether oxygens (including phenoxy) is 1. The first-order valence-corrected chi connectivity index (χ1v) is 6.97. The van der Waals surface area contributed by atoms with E-state index in [1.807, 2.05) is 0 Å². The fourth-order valence-electron chi connectivity index (χ4n) is 1.98. The highest BCUT2D eigenvalue weighted by molar-refractivity contribution is 6.60. The highest BCUT2D eigenvalue weighted by atomic mass is 28.4.